The SMILES string of the molecule is Cc1c(C(=O)NCc2cnnn2-c2nccs2)ccc2c1NC(=O)c1ccccc1S2(=O)=O. The fourth-order valence-corrected chi connectivity index (χ4v) is 5.91. The van der Waals surface area contributed by atoms with Crippen molar-refractivity contribution in [1.29, 1.82) is 0 Å². The molecule has 1 aliphatic heterocycles. The normalized spacial score (nSPS) is 14.0. The molecule has 0 radical (unpaired) electrons. The van der Waals surface area contributed by atoms with E-state index in [1.165, 1.54) is 46.5 Å². The number of fused-ring (bicyclic) bond motifs is 2. The molecule has 0 atom stereocenters. The molecule has 4 aromatic rings. The average Bonchev–Trinajstić information content (AvgIpc) is 3.48. The van der Waals surface area contributed by atoms with Gasteiger partial charge in [-0.05, 0) is 36.8 Å². The first-order valence-electron chi connectivity index (χ1n) is 9.74. The molecule has 2 N–H and O–H groups in total. The number of hydrogen-bond donors (Lipinski definition) is 2. The number of sulfone groups is 1. The molecule has 1 aliphatic rings. The predicted octanol–water partition coefficient (Wildman–Crippen LogP) is 2.36. The summed E-state index contributed by atoms with van der Waals surface area (Å²) in [5.74, 6) is -0.984. The topological polar surface area (TPSA) is 136 Å². The van der Waals surface area contributed by atoms with Gasteiger partial charge in [-0.25, -0.2) is 13.4 Å². The van der Waals surface area contributed by atoms with Crippen LogP contribution in [0.5, 0.6) is 0 Å². The Hall–Kier alpha value is -3.90. The fourth-order valence-electron chi connectivity index (χ4n) is 3.62. The van der Waals surface area contributed by atoms with Gasteiger partial charge in [0.05, 0.1) is 39.5 Å². The summed E-state index contributed by atoms with van der Waals surface area (Å²) in [6, 6.07) is 8.80. The van der Waals surface area contributed by atoms with Crippen molar-refractivity contribution in [1.82, 2.24) is 25.3 Å². The second kappa shape index (κ2) is 7.90. The zero-order chi connectivity index (χ0) is 23.2. The van der Waals surface area contributed by atoms with Gasteiger partial charge in [-0.2, -0.15) is 4.68 Å². The van der Waals surface area contributed by atoms with Gasteiger partial charge in [-0.15, -0.1) is 16.4 Å². The molecular formula is C21H16N6O4S2. The van der Waals surface area contributed by atoms with Crippen molar-refractivity contribution in [2.75, 3.05) is 5.32 Å². The minimum Gasteiger partial charge on any atom is -0.346 e. The standard InChI is InChI=1S/C21H16N6O4S2/c1-12-14(19(28)23-10-13-11-24-26-27(13)21-22-8-9-32-21)6-7-17-18(12)25-20(29)15-4-2-3-5-16(15)33(17,30)31/h2-9,11H,10H2,1H3,(H,23,28)(H,25,29). The van der Waals surface area contributed by atoms with Crippen molar-refractivity contribution >= 4 is 38.7 Å². The van der Waals surface area contributed by atoms with Crippen LogP contribution in [-0.4, -0.2) is 40.2 Å². The quantitative estimate of drug-likeness (QED) is 0.458. The van der Waals surface area contributed by atoms with Crippen LogP contribution in [0.3, 0.4) is 0 Å². The number of rotatable bonds is 4. The smallest absolute Gasteiger partial charge is 0.257 e. The van der Waals surface area contributed by atoms with E-state index in [4.69, 9.17) is 0 Å². The Morgan fingerprint density at radius 1 is 1.18 bits per heavy atom. The lowest BCUT2D eigenvalue weighted by molar-refractivity contribution is 0.0948. The van der Waals surface area contributed by atoms with E-state index in [0.717, 1.165) is 0 Å². The van der Waals surface area contributed by atoms with Gasteiger partial charge in [0, 0.05) is 17.1 Å². The number of anilines is 1. The van der Waals surface area contributed by atoms with Crippen LogP contribution in [0.2, 0.25) is 0 Å². The van der Waals surface area contributed by atoms with Crippen LogP contribution in [-0.2, 0) is 16.4 Å². The number of aromatic nitrogens is 4. The van der Waals surface area contributed by atoms with Crippen LogP contribution in [0.1, 0.15) is 32.0 Å². The lowest BCUT2D eigenvalue weighted by Crippen LogP contribution is -2.25. The molecule has 0 bridgehead atoms. The third-order valence-corrected chi connectivity index (χ3v) is 7.87. The lowest BCUT2D eigenvalue weighted by atomic mass is 10.1. The summed E-state index contributed by atoms with van der Waals surface area (Å²) in [6.07, 6.45) is 3.17. The van der Waals surface area contributed by atoms with Crippen molar-refractivity contribution in [2.24, 2.45) is 0 Å². The zero-order valence-corrected chi connectivity index (χ0v) is 18.8. The van der Waals surface area contributed by atoms with Gasteiger partial charge in [-0.1, -0.05) is 17.3 Å². The highest BCUT2D eigenvalue weighted by atomic mass is 32.2. The van der Waals surface area contributed by atoms with E-state index >= 15 is 0 Å². The molecule has 0 saturated carbocycles. The summed E-state index contributed by atoms with van der Waals surface area (Å²) in [5.41, 5.74) is 1.36. The molecule has 0 aliphatic carbocycles. The van der Waals surface area contributed by atoms with Gasteiger partial charge in [-0.3, -0.25) is 9.59 Å². The molecule has 2 aromatic heterocycles. The molecule has 33 heavy (non-hydrogen) atoms. The molecule has 3 heterocycles. The number of thiazole rings is 1. The van der Waals surface area contributed by atoms with Gasteiger partial charge < -0.3 is 10.6 Å². The Morgan fingerprint density at radius 2 is 2.00 bits per heavy atom. The van der Waals surface area contributed by atoms with Crippen LogP contribution in [0.4, 0.5) is 5.69 Å². The molecule has 0 spiro atoms. The average molecular weight is 481 g/mol. The highest BCUT2D eigenvalue weighted by Gasteiger charge is 2.33. The summed E-state index contributed by atoms with van der Waals surface area (Å²) in [4.78, 5) is 29.7. The van der Waals surface area contributed by atoms with Crippen LogP contribution < -0.4 is 10.6 Å². The number of amides is 2. The maximum Gasteiger partial charge on any atom is 0.257 e. The minimum absolute atomic E-state index is 0.0547. The van der Waals surface area contributed by atoms with Crippen molar-refractivity contribution in [2.45, 2.75) is 23.3 Å². The van der Waals surface area contributed by atoms with Crippen molar-refractivity contribution in [3.63, 3.8) is 0 Å². The highest BCUT2D eigenvalue weighted by Crippen LogP contribution is 2.36. The molecule has 166 valence electrons. The molecule has 2 aromatic carbocycles. The van der Waals surface area contributed by atoms with Crippen molar-refractivity contribution in [3.8, 4) is 5.13 Å². The lowest BCUT2D eigenvalue weighted by Gasteiger charge is -2.14. The first kappa shape index (κ1) is 21.0. The van der Waals surface area contributed by atoms with Gasteiger partial charge in [0.1, 0.15) is 0 Å². The first-order chi connectivity index (χ1) is 15.9. The van der Waals surface area contributed by atoms with Crippen LogP contribution in [0, 0.1) is 6.92 Å². The third-order valence-electron chi connectivity index (χ3n) is 5.27. The van der Waals surface area contributed by atoms with E-state index in [1.807, 2.05) is 0 Å². The van der Waals surface area contributed by atoms with E-state index in [-0.39, 0.29) is 33.2 Å². The summed E-state index contributed by atoms with van der Waals surface area (Å²) in [5, 5.41) is 15.7. The summed E-state index contributed by atoms with van der Waals surface area (Å²) >= 11 is 1.38. The molecule has 10 nitrogen and oxygen atoms in total. The predicted molar refractivity (Wildman–Crippen MR) is 119 cm³/mol. The largest absolute Gasteiger partial charge is 0.346 e. The molecule has 2 amide bonds. The fraction of sp³-hybridized carbons (Fsp3) is 0.0952. The number of nitrogens with one attached hydrogen (secondary N) is 2. The van der Waals surface area contributed by atoms with Crippen molar-refractivity contribution < 1.29 is 18.0 Å². The Kier molecular flexibility index (Phi) is 5.02. The Balaban J connectivity index is 1.46. The molecule has 12 heteroatoms. The monoisotopic (exact) mass is 480 g/mol. The van der Waals surface area contributed by atoms with E-state index < -0.39 is 21.7 Å². The second-order valence-electron chi connectivity index (χ2n) is 7.20. The van der Waals surface area contributed by atoms with Gasteiger partial charge >= 0.3 is 0 Å². The van der Waals surface area contributed by atoms with E-state index in [0.29, 0.717) is 16.4 Å². The number of carbonyl (C=O) groups is 2. The van der Waals surface area contributed by atoms with E-state index in [9.17, 15) is 18.0 Å². The molecule has 0 fully saturated rings. The molecule has 5 rings (SSSR count). The van der Waals surface area contributed by atoms with Crippen LogP contribution in [0.25, 0.3) is 5.13 Å². The van der Waals surface area contributed by atoms with Crippen LogP contribution in [0.15, 0.2) is 64.0 Å². The zero-order valence-electron chi connectivity index (χ0n) is 17.1. The Bertz CT molecular complexity index is 1510. The number of benzene rings is 2. The van der Waals surface area contributed by atoms with Crippen molar-refractivity contribution in [3.05, 3.63) is 76.6 Å². The summed E-state index contributed by atoms with van der Waals surface area (Å²) in [7, 11) is -3.95. The minimum atomic E-state index is -3.95. The van der Waals surface area contributed by atoms with E-state index in [2.05, 4.69) is 25.9 Å². The Morgan fingerprint density at radius 3 is 2.79 bits per heavy atom. The third kappa shape index (κ3) is 3.49. The summed E-state index contributed by atoms with van der Waals surface area (Å²) in [6.45, 7) is 1.72. The number of carbonyl (C=O) groups excluding carboxylic acids is 2. The van der Waals surface area contributed by atoms with E-state index in [1.54, 1.807) is 30.6 Å². The summed E-state index contributed by atoms with van der Waals surface area (Å²) < 4.78 is 27.9. The Labute approximate surface area is 192 Å². The maximum absolute atomic E-state index is 13.2. The molecule has 0 unspecified atom stereocenters. The highest BCUT2D eigenvalue weighted by molar-refractivity contribution is 7.91. The molecule has 0 saturated heterocycles. The van der Waals surface area contributed by atoms with Gasteiger partial charge in [0.25, 0.3) is 11.8 Å². The van der Waals surface area contributed by atoms with Gasteiger partial charge in [0.2, 0.25) is 15.0 Å². The van der Waals surface area contributed by atoms with Crippen LogP contribution >= 0.6 is 11.3 Å². The number of nitrogens with zero attached hydrogens (tertiary/aromatic N) is 4. The molecular weight excluding hydrogens is 464 g/mol. The number of hydrogen-bond acceptors (Lipinski definition) is 8. The second-order valence-corrected chi connectivity index (χ2v) is 9.96. The first-order valence-corrected chi connectivity index (χ1v) is 12.1. The maximum atomic E-state index is 13.2. The van der Waals surface area contributed by atoms with Gasteiger partial charge in [0.15, 0.2) is 0 Å².